The molecule has 0 fully saturated rings. The third-order valence-electron chi connectivity index (χ3n) is 10.6. The minimum Gasteiger partial charge on any atom is -0.264 e. The van der Waals surface area contributed by atoms with E-state index in [4.69, 9.17) is 4.99 Å². The SMILES string of the molecule is C/C=C(/C=C(\N=C(/C)c1cccc(-c2ccccc2)c1)c1ccc(-c2ccc(-c3cccnc3)cc2)cc1)c1ccc2c(c1)C(C)(C)c1ccccc1-2. The van der Waals surface area contributed by atoms with Crippen molar-refractivity contribution in [2.75, 3.05) is 0 Å². The normalized spacial score (nSPS) is 13.8. The van der Waals surface area contributed by atoms with Crippen LogP contribution in [0.15, 0.2) is 187 Å². The molecule has 1 aromatic heterocycles. The summed E-state index contributed by atoms with van der Waals surface area (Å²) in [6.07, 6.45) is 8.16. The first-order valence-corrected chi connectivity index (χ1v) is 18.3. The first kappa shape index (κ1) is 33.7. The Morgan fingerprint density at radius 2 is 1.13 bits per heavy atom. The van der Waals surface area contributed by atoms with E-state index in [1.54, 1.807) is 6.20 Å². The molecule has 1 aliphatic carbocycles. The Hall–Kier alpha value is -6.38. The molecular weight excluding hydrogens is 641 g/mol. The van der Waals surface area contributed by atoms with E-state index in [9.17, 15) is 0 Å². The number of fused-ring (bicyclic) bond motifs is 3. The average Bonchev–Trinajstić information content (AvgIpc) is 3.45. The van der Waals surface area contributed by atoms with Crippen LogP contribution < -0.4 is 0 Å². The van der Waals surface area contributed by atoms with Crippen LogP contribution in [0.2, 0.25) is 0 Å². The fourth-order valence-corrected chi connectivity index (χ4v) is 7.57. The highest BCUT2D eigenvalue weighted by atomic mass is 14.8. The Bertz CT molecular complexity index is 2500. The van der Waals surface area contributed by atoms with Gasteiger partial charge in [0.25, 0.3) is 0 Å². The summed E-state index contributed by atoms with van der Waals surface area (Å²) in [4.78, 5) is 9.66. The van der Waals surface area contributed by atoms with Gasteiger partial charge in [0.05, 0.1) is 5.70 Å². The molecule has 0 spiro atoms. The lowest BCUT2D eigenvalue weighted by Crippen LogP contribution is -2.15. The summed E-state index contributed by atoms with van der Waals surface area (Å²) < 4.78 is 0. The van der Waals surface area contributed by atoms with E-state index >= 15 is 0 Å². The van der Waals surface area contributed by atoms with Crippen molar-refractivity contribution in [3.8, 4) is 44.5 Å². The second kappa shape index (κ2) is 14.3. The second-order valence-electron chi connectivity index (χ2n) is 14.2. The molecule has 1 aliphatic rings. The zero-order valence-corrected chi connectivity index (χ0v) is 30.7. The third-order valence-corrected chi connectivity index (χ3v) is 10.6. The van der Waals surface area contributed by atoms with Crippen LogP contribution in [0.5, 0.6) is 0 Å². The van der Waals surface area contributed by atoms with Gasteiger partial charge in [-0.1, -0.05) is 159 Å². The quantitative estimate of drug-likeness (QED) is 0.116. The monoisotopic (exact) mass is 682 g/mol. The zero-order valence-electron chi connectivity index (χ0n) is 30.7. The molecular formula is C51H42N2. The van der Waals surface area contributed by atoms with Gasteiger partial charge >= 0.3 is 0 Å². The van der Waals surface area contributed by atoms with Gasteiger partial charge in [0.15, 0.2) is 0 Å². The topological polar surface area (TPSA) is 25.2 Å². The molecule has 0 atom stereocenters. The molecule has 8 rings (SSSR count). The minimum atomic E-state index is -0.0716. The number of aliphatic imine (C=N–C) groups is 1. The predicted octanol–water partition coefficient (Wildman–Crippen LogP) is 13.3. The summed E-state index contributed by atoms with van der Waals surface area (Å²) in [5, 5.41) is 0. The predicted molar refractivity (Wildman–Crippen MR) is 225 cm³/mol. The standard InChI is InChI=1S/C51H42N2/c1-5-36(44-28-29-47-46-18-9-10-19-48(46)51(3,4)49(47)32-44)33-50(53-35(2)42-15-11-16-43(31-42)37-13-7-6-8-14-37)41-26-24-39(25-27-41)38-20-22-40(23-21-38)45-17-12-30-52-34-45/h5-34H,1-4H3/b36-5-,50-33-,53-35+. The van der Waals surface area contributed by atoms with Gasteiger partial charge in [-0.2, -0.15) is 0 Å². The number of allylic oxidation sites excluding steroid dienone is 3. The van der Waals surface area contributed by atoms with E-state index in [1.165, 1.54) is 44.5 Å². The fourth-order valence-electron chi connectivity index (χ4n) is 7.57. The van der Waals surface area contributed by atoms with Crippen LogP contribution in [0.3, 0.4) is 0 Å². The Morgan fingerprint density at radius 3 is 1.85 bits per heavy atom. The van der Waals surface area contributed by atoms with Gasteiger partial charge in [-0.15, -0.1) is 0 Å². The summed E-state index contributed by atoms with van der Waals surface area (Å²) in [5.41, 5.74) is 18.7. The van der Waals surface area contributed by atoms with E-state index in [0.29, 0.717) is 0 Å². The zero-order chi connectivity index (χ0) is 36.4. The number of rotatable bonds is 8. The third kappa shape index (κ3) is 6.72. The van der Waals surface area contributed by atoms with Gasteiger partial charge in [-0.05, 0) is 110 Å². The van der Waals surface area contributed by atoms with Crippen molar-refractivity contribution in [3.05, 3.63) is 210 Å². The molecule has 7 aromatic rings. The van der Waals surface area contributed by atoms with Crippen LogP contribution in [-0.2, 0) is 5.41 Å². The molecule has 53 heavy (non-hydrogen) atoms. The molecule has 0 amide bonds. The van der Waals surface area contributed by atoms with Gasteiger partial charge in [0.1, 0.15) is 0 Å². The lowest BCUT2D eigenvalue weighted by atomic mass is 9.81. The van der Waals surface area contributed by atoms with Gasteiger partial charge in [0.2, 0.25) is 0 Å². The largest absolute Gasteiger partial charge is 0.264 e. The second-order valence-corrected chi connectivity index (χ2v) is 14.2. The molecule has 6 aromatic carbocycles. The van der Waals surface area contributed by atoms with Gasteiger partial charge in [0, 0.05) is 29.1 Å². The van der Waals surface area contributed by atoms with E-state index in [2.05, 4.69) is 196 Å². The number of nitrogens with zero attached hydrogens (tertiary/aromatic N) is 2. The van der Waals surface area contributed by atoms with Crippen molar-refractivity contribution < 1.29 is 0 Å². The Morgan fingerprint density at radius 1 is 0.528 bits per heavy atom. The first-order chi connectivity index (χ1) is 25.9. The molecule has 0 saturated heterocycles. The number of aromatic nitrogens is 1. The lowest BCUT2D eigenvalue weighted by Gasteiger charge is -2.22. The van der Waals surface area contributed by atoms with Crippen LogP contribution in [-0.4, -0.2) is 10.7 Å². The van der Waals surface area contributed by atoms with Crippen molar-refractivity contribution in [2.24, 2.45) is 4.99 Å². The van der Waals surface area contributed by atoms with Gasteiger partial charge in [-0.25, -0.2) is 0 Å². The molecule has 256 valence electrons. The number of hydrogen-bond acceptors (Lipinski definition) is 2. The molecule has 0 N–H and O–H groups in total. The summed E-state index contributed by atoms with van der Waals surface area (Å²) in [5.74, 6) is 0. The van der Waals surface area contributed by atoms with Crippen molar-refractivity contribution in [2.45, 2.75) is 33.1 Å². The van der Waals surface area contributed by atoms with E-state index < -0.39 is 0 Å². The van der Waals surface area contributed by atoms with E-state index in [0.717, 1.165) is 44.8 Å². The molecule has 0 bridgehead atoms. The number of benzene rings is 6. The smallest absolute Gasteiger partial charge is 0.0711 e. The fraction of sp³-hybridized carbons (Fsp3) is 0.0980. The van der Waals surface area contributed by atoms with Gasteiger partial charge < -0.3 is 0 Å². The highest BCUT2D eigenvalue weighted by Crippen LogP contribution is 2.49. The maximum absolute atomic E-state index is 5.38. The van der Waals surface area contributed by atoms with Crippen molar-refractivity contribution in [1.29, 1.82) is 0 Å². The molecule has 0 unspecified atom stereocenters. The van der Waals surface area contributed by atoms with E-state index in [1.807, 2.05) is 12.3 Å². The Balaban J connectivity index is 1.18. The number of hydrogen-bond donors (Lipinski definition) is 0. The summed E-state index contributed by atoms with van der Waals surface area (Å²) in [6, 6.07) is 56.5. The highest BCUT2D eigenvalue weighted by molar-refractivity contribution is 6.03. The summed E-state index contributed by atoms with van der Waals surface area (Å²) in [6.45, 7) is 8.90. The van der Waals surface area contributed by atoms with Crippen molar-refractivity contribution >= 4 is 17.0 Å². The molecule has 2 heteroatoms. The number of pyridine rings is 1. The molecule has 0 saturated carbocycles. The Labute approximate surface area is 313 Å². The van der Waals surface area contributed by atoms with Crippen LogP contribution >= 0.6 is 0 Å². The van der Waals surface area contributed by atoms with Crippen LogP contribution in [0.4, 0.5) is 0 Å². The molecule has 0 aliphatic heterocycles. The molecule has 1 heterocycles. The molecule has 0 radical (unpaired) electrons. The molecule has 2 nitrogen and oxygen atoms in total. The van der Waals surface area contributed by atoms with E-state index in [-0.39, 0.29) is 5.41 Å². The van der Waals surface area contributed by atoms with Crippen LogP contribution in [0.1, 0.15) is 55.5 Å². The highest BCUT2D eigenvalue weighted by Gasteiger charge is 2.35. The van der Waals surface area contributed by atoms with Crippen molar-refractivity contribution in [3.63, 3.8) is 0 Å². The average molecular weight is 683 g/mol. The summed E-state index contributed by atoms with van der Waals surface area (Å²) in [7, 11) is 0. The minimum absolute atomic E-state index is 0.0716. The maximum Gasteiger partial charge on any atom is 0.0711 e. The Kier molecular flexibility index (Phi) is 9.12. The lowest BCUT2D eigenvalue weighted by molar-refractivity contribution is 0.660. The van der Waals surface area contributed by atoms with Crippen LogP contribution in [0, 0.1) is 0 Å². The van der Waals surface area contributed by atoms with Gasteiger partial charge in [-0.3, -0.25) is 9.98 Å². The van der Waals surface area contributed by atoms with Crippen LogP contribution in [0.25, 0.3) is 55.8 Å². The van der Waals surface area contributed by atoms with Crippen molar-refractivity contribution in [1.82, 2.24) is 4.98 Å². The summed E-state index contributed by atoms with van der Waals surface area (Å²) >= 11 is 0. The first-order valence-electron chi connectivity index (χ1n) is 18.3. The maximum atomic E-state index is 5.38.